The number of Topliss-reactive ketones (excluding diaryl/α,β-unsaturated/α-hetero) is 1. The zero-order valence-corrected chi connectivity index (χ0v) is 17.0. The molecule has 1 spiro atoms. The third kappa shape index (κ3) is 3.25. The number of esters is 1. The van der Waals surface area contributed by atoms with E-state index in [1.807, 2.05) is 12.2 Å². The molecule has 0 aromatic carbocycles. The SMILES string of the molecule is CCOC(=O)[C@@H]1C=CC[C@@H](O[Si](C)(C)C(C)(C)C)[C@@]12CCCC2=O. The predicted molar refractivity (Wildman–Crippen MR) is 97.2 cm³/mol. The first-order valence-corrected chi connectivity index (χ1v) is 12.0. The first-order chi connectivity index (χ1) is 11.1. The number of carbonyl (C=O) groups is 2. The fourth-order valence-corrected chi connectivity index (χ4v) is 5.08. The van der Waals surface area contributed by atoms with E-state index in [-0.39, 0.29) is 22.9 Å². The lowest BCUT2D eigenvalue weighted by Crippen LogP contribution is -2.55. The van der Waals surface area contributed by atoms with E-state index in [1.54, 1.807) is 6.92 Å². The molecule has 0 unspecified atom stereocenters. The molecule has 0 aromatic rings. The van der Waals surface area contributed by atoms with Gasteiger partial charge in [-0.1, -0.05) is 32.9 Å². The summed E-state index contributed by atoms with van der Waals surface area (Å²) < 4.78 is 11.9. The van der Waals surface area contributed by atoms with Crippen LogP contribution >= 0.6 is 0 Å². The Hall–Kier alpha value is -0.943. The van der Waals surface area contributed by atoms with Gasteiger partial charge >= 0.3 is 5.97 Å². The highest BCUT2D eigenvalue weighted by molar-refractivity contribution is 6.74. The molecular formula is C19H32O4Si. The van der Waals surface area contributed by atoms with Crippen molar-refractivity contribution < 1.29 is 18.8 Å². The van der Waals surface area contributed by atoms with Crippen molar-refractivity contribution in [1.82, 2.24) is 0 Å². The molecule has 0 amide bonds. The number of ether oxygens (including phenoxy) is 1. The van der Waals surface area contributed by atoms with Gasteiger partial charge in [-0.25, -0.2) is 0 Å². The molecule has 0 saturated heterocycles. The molecule has 5 heteroatoms. The van der Waals surface area contributed by atoms with E-state index in [0.717, 1.165) is 12.8 Å². The normalized spacial score (nSPS) is 30.8. The first-order valence-electron chi connectivity index (χ1n) is 9.10. The third-order valence-corrected chi connectivity index (χ3v) is 10.6. The number of ketones is 1. The van der Waals surface area contributed by atoms with Crippen LogP contribution in [-0.2, 0) is 18.8 Å². The summed E-state index contributed by atoms with van der Waals surface area (Å²) in [5.74, 6) is -0.614. The molecule has 1 fully saturated rings. The molecule has 3 atom stereocenters. The molecule has 0 aromatic heterocycles. The van der Waals surface area contributed by atoms with E-state index in [4.69, 9.17) is 9.16 Å². The van der Waals surface area contributed by atoms with Gasteiger partial charge in [0.05, 0.1) is 24.0 Å². The second-order valence-electron chi connectivity index (χ2n) is 8.58. The van der Waals surface area contributed by atoms with Crippen molar-refractivity contribution in [2.75, 3.05) is 6.61 Å². The van der Waals surface area contributed by atoms with Gasteiger partial charge in [-0.2, -0.15) is 0 Å². The lowest BCUT2D eigenvalue weighted by Gasteiger charge is -2.47. The Labute approximate surface area is 147 Å². The largest absolute Gasteiger partial charge is 0.466 e. The maximum atomic E-state index is 12.9. The van der Waals surface area contributed by atoms with Gasteiger partial charge < -0.3 is 9.16 Å². The fraction of sp³-hybridized carbons (Fsp3) is 0.789. The zero-order valence-electron chi connectivity index (χ0n) is 16.0. The summed E-state index contributed by atoms with van der Waals surface area (Å²) in [5, 5.41) is 0.0659. The first kappa shape index (κ1) is 19.4. The summed E-state index contributed by atoms with van der Waals surface area (Å²) in [4.78, 5) is 25.5. The Morgan fingerprint density at radius 1 is 1.38 bits per heavy atom. The van der Waals surface area contributed by atoms with E-state index in [1.165, 1.54) is 0 Å². The van der Waals surface area contributed by atoms with Gasteiger partial charge in [0.15, 0.2) is 8.32 Å². The monoisotopic (exact) mass is 352 g/mol. The fourth-order valence-electron chi connectivity index (χ4n) is 3.71. The van der Waals surface area contributed by atoms with Crippen LogP contribution in [0.2, 0.25) is 18.1 Å². The van der Waals surface area contributed by atoms with Crippen molar-refractivity contribution >= 4 is 20.1 Å². The van der Waals surface area contributed by atoms with Crippen LogP contribution in [0.4, 0.5) is 0 Å². The molecule has 2 aliphatic rings. The highest BCUT2D eigenvalue weighted by Crippen LogP contribution is 2.52. The topological polar surface area (TPSA) is 52.6 Å². The summed E-state index contributed by atoms with van der Waals surface area (Å²) >= 11 is 0. The second-order valence-corrected chi connectivity index (χ2v) is 13.3. The molecule has 0 bridgehead atoms. The minimum absolute atomic E-state index is 0.0659. The van der Waals surface area contributed by atoms with E-state index < -0.39 is 19.7 Å². The molecule has 0 aliphatic heterocycles. The van der Waals surface area contributed by atoms with Crippen molar-refractivity contribution in [2.24, 2.45) is 11.3 Å². The molecule has 0 heterocycles. The summed E-state index contributed by atoms with van der Waals surface area (Å²) in [7, 11) is -2.04. The van der Waals surface area contributed by atoms with Crippen molar-refractivity contribution in [3.8, 4) is 0 Å². The van der Waals surface area contributed by atoms with E-state index in [9.17, 15) is 9.59 Å². The number of hydrogen-bond acceptors (Lipinski definition) is 4. The molecule has 4 nitrogen and oxygen atoms in total. The molecule has 0 radical (unpaired) electrons. The summed E-state index contributed by atoms with van der Waals surface area (Å²) in [6.45, 7) is 13.1. The van der Waals surface area contributed by atoms with Crippen molar-refractivity contribution in [3.63, 3.8) is 0 Å². The molecule has 2 aliphatic carbocycles. The Kier molecular flexibility index (Phi) is 5.45. The Morgan fingerprint density at radius 2 is 2.04 bits per heavy atom. The average Bonchev–Trinajstić information content (AvgIpc) is 2.82. The minimum Gasteiger partial charge on any atom is -0.466 e. The van der Waals surface area contributed by atoms with Gasteiger partial charge in [0.1, 0.15) is 5.78 Å². The van der Waals surface area contributed by atoms with Crippen LogP contribution < -0.4 is 0 Å². The standard InChI is InChI=1S/C19H32O4Si/c1-7-22-17(21)14-10-8-12-16(19(14)13-9-11-15(19)20)23-24(5,6)18(2,3)4/h8,10,14,16H,7,9,11-13H2,1-6H3/t14-,16+,19-/m0/s1. The van der Waals surface area contributed by atoms with E-state index in [2.05, 4.69) is 33.9 Å². The van der Waals surface area contributed by atoms with Crippen LogP contribution in [0.3, 0.4) is 0 Å². The van der Waals surface area contributed by atoms with Crippen LogP contribution in [0.15, 0.2) is 12.2 Å². The lowest BCUT2D eigenvalue weighted by molar-refractivity contribution is -0.159. The third-order valence-electron chi connectivity index (χ3n) is 6.11. The van der Waals surface area contributed by atoms with Crippen LogP contribution in [0, 0.1) is 11.3 Å². The number of hydrogen-bond donors (Lipinski definition) is 0. The molecule has 136 valence electrons. The summed E-state index contributed by atoms with van der Waals surface area (Å²) in [6, 6.07) is 0. The van der Waals surface area contributed by atoms with Crippen LogP contribution in [0.25, 0.3) is 0 Å². The van der Waals surface area contributed by atoms with Crippen molar-refractivity contribution in [3.05, 3.63) is 12.2 Å². The Bertz CT molecular complexity index is 532. The lowest BCUT2D eigenvalue weighted by atomic mass is 9.65. The smallest absolute Gasteiger partial charge is 0.313 e. The maximum Gasteiger partial charge on any atom is 0.313 e. The molecule has 2 rings (SSSR count). The van der Waals surface area contributed by atoms with E-state index >= 15 is 0 Å². The summed E-state index contributed by atoms with van der Waals surface area (Å²) in [5.41, 5.74) is -0.726. The van der Waals surface area contributed by atoms with Gasteiger partial charge in [0.25, 0.3) is 0 Å². The highest BCUT2D eigenvalue weighted by Gasteiger charge is 2.58. The molecule has 0 N–H and O–H groups in total. The highest BCUT2D eigenvalue weighted by atomic mass is 28.4. The van der Waals surface area contributed by atoms with E-state index in [0.29, 0.717) is 19.4 Å². The van der Waals surface area contributed by atoms with Crippen LogP contribution in [0.1, 0.15) is 53.4 Å². The molecule has 1 saturated carbocycles. The average molecular weight is 353 g/mol. The Balaban J connectivity index is 2.39. The minimum atomic E-state index is -2.04. The molecule has 24 heavy (non-hydrogen) atoms. The van der Waals surface area contributed by atoms with Gasteiger partial charge in [0.2, 0.25) is 0 Å². The van der Waals surface area contributed by atoms with Crippen molar-refractivity contribution in [1.29, 1.82) is 0 Å². The van der Waals surface area contributed by atoms with Gasteiger partial charge in [-0.15, -0.1) is 0 Å². The number of carbonyl (C=O) groups excluding carboxylic acids is 2. The maximum absolute atomic E-state index is 12.9. The predicted octanol–water partition coefficient (Wildman–Crippen LogP) is 4.26. The van der Waals surface area contributed by atoms with Gasteiger partial charge in [0, 0.05) is 6.42 Å². The number of rotatable bonds is 4. The second kappa shape index (κ2) is 6.75. The molecular weight excluding hydrogens is 320 g/mol. The van der Waals surface area contributed by atoms with Crippen LogP contribution in [0.5, 0.6) is 0 Å². The summed E-state index contributed by atoms with van der Waals surface area (Å²) in [6.07, 6.45) is 6.46. The quantitative estimate of drug-likeness (QED) is 0.431. The Morgan fingerprint density at radius 3 is 2.54 bits per heavy atom. The zero-order chi connectivity index (χ0) is 18.2. The van der Waals surface area contributed by atoms with Crippen molar-refractivity contribution in [2.45, 2.75) is 77.6 Å². The van der Waals surface area contributed by atoms with Gasteiger partial charge in [-0.05, 0) is 44.3 Å². The van der Waals surface area contributed by atoms with Gasteiger partial charge in [-0.3, -0.25) is 9.59 Å². The van der Waals surface area contributed by atoms with Crippen LogP contribution in [-0.4, -0.2) is 32.8 Å².